The molecule has 0 aromatic rings. The lowest BCUT2D eigenvalue weighted by atomic mass is 9.91. The van der Waals surface area contributed by atoms with Crippen LogP contribution in [0.3, 0.4) is 0 Å². The molecule has 0 saturated carbocycles. The van der Waals surface area contributed by atoms with Crippen molar-refractivity contribution in [3.8, 4) is 0 Å². The standard InChI is InChI=1S/C26H41F13/c1-2-3-4-5-6-7-8-9-10-11-12-13-14-15-16-17-18-19-20-21(27,28)22(29,30)23(31,32)24(33,34)25(35,36)26(37,38)39/h2-20H2,1H3. The van der Waals surface area contributed by atoms with Crippen molar-refractivity contribution in [3.63, 3.8) is 0 Å². The second kappa shape index (κ2) is 16.5. The maximum atomic E-state index is 13.7. The van der Waals surface area contributed by atoms with Gasteiger partial charge in [0.1, 0.15) is 0 Å². The lowest BCUT2D eigenvalue weighted by Crippen LogP contribution is -2.70. The van der Waals surface area contributed by atoms with E-state index in [1.54, 1.807) is 0 Å². The molecule has 0 atom stereocenters. The largest absolute Gasteiger partial charge is 0.460 e. The van der Waals surface area contributed by atoms with E-state index in [1.807, 2.05) is 0 Å². The predicted molar refractivity (Wildman–Crippen MR) is 124 cm³/mol. The number of hydrogen-bond acceptors (Lipinski definition) is 0. The molecule has 0 heterocycles. The van der Waals surface area contributed by atoms with Gasteiger partial charge in [0.25, 0.3) is 0 Å². The quantitative estimate of drug-likeness (QED) is 0.0809. The Balaban J connectivity index is 4.23. The molecule has 236 valence electrons. The molecule has 0 bridgehead atoms. The summed E-state index contributed by atoms with van der Waals surface area (Å²) in [4.78, 5) is 0. The van der Waals surface area contributed by atoms with Gasteiger partial charge in [-0.15, -0.1) is 0 Å². The third-order valence-electron chi connectivity index (χ3n) is 6.84. The van der Waals surface area contributed by atoms with Gasteiger partial charge in [-0.2, -0.15) is 57.1 Å². The fourth-order valence-electron chi connectivity index (χ4n) is 4.21. The van der Waals surface area contributed by atoms with E-state index in [-0.39, 0.29) is 12.8 Å². The van der Waals surface area contributed by atoms with Gasteiger partial charge < -0.3 is 0 Å². The average molecular weight is 601 g/mol. The monoisotopic (exact) mass is 600 g/mol. The Morgan fingerprint density at radius 2 is 0.564 bits per heavy atom. The molecule has 0 aromatic carbocycles. The Labute approximate surface area is 222 Å². The Hall–Kier alpha value is -0.910. The van der Waals surface area contributed by atoms with Crippen molar-refractivity contribution < 1.29 is 57.1 Å². The zero-order chi connectivity index (χ0) is 30.4. The van der Waals surface area contributed by atoms with E-state index in [0.29, 0.717) is 12.8 Å². The molecule has 13 heteroatoms. The lowest BCUT2D eigenvalue weighted by Gasteiger charge is -2.39. The Bertz CT molecular complexity index is 642. The number of rotatable bonds is 23. The number of unbranched alkanes of at least 4 members (excludes halogenated alkanes) is 17. The molecule has 0 aliphatic carbocycles. The molecule has 0 aromatic heterocycles. The van der Waals surface area contributed by atoms with Crippen molar-refractivity contribution in [2.45, 2.75) is 165 Å². The van der Waals surface area contributed by atoms with Crippen molar-refractivity contribution in [1.82, 2.24) is 0 Å². The maximum absolute atomic E-state index is 13.7. The van der Waals surface area contributed by atoms with Crippen LogP contribution in [0.5, 0.6) is 0 Å². The second-order valence-corrected chi connectivity index (χ2v) is 10.3. The van der Waals surface area contributed by atoms with E-state index in [2.05, 4.69) is 6.92 Å². The van der Waals surface area contributed by atoms with E-state index < -0.39 is 48.6 Å². The zero-order valence-corrected chi connectivity index (χ0v) is 22.3. The van der Waals surface area contributed by atoms with Crippen LogP contribution in [0.2, 0.25) is 0 Å². The highest BCUT2D eigenvalue weighted by Gasteiger charge is 2.90. The summed E-state index contributed by atoms with van der Waals surface area (Å²) in [6, 6.07) is 0. The van der Waals surface area contributed by atoms with Crippen LogP contribution in [-0.4, -0.2) is 35.8 Å². The average Bonchev–Trinajstić information content (AvgIpc) is 2.82. The number of halogens is 13. The first-order valence-electron chi connectivity index (χ1n) is 13.8. The molecule has 0 aliphatic heterocycles. The van der Waals surface area contributed by atoms with Gasteiger partial charge in [0.2, 0.25) is 0 Å². The van der Waals surface area contributed by atoms with Crippen LogP contribution in [-0.2, 0) is 0 Å². The minimum Gasteiger partial charge on any atom is -0.200 e. The third kappa shape index (κ3) is 10.8. The highest BCUT2D eigenvalue weighted by Crippen LogP contribution is 2.60. The van der Waals surface area contributed by atoms with Crippen LogP contribution in [0.15, 0.2) is 0 Å². The minimum absolute atomic E-state index is 0.162. The molecule has 0 unspecified atom stereocenters. The van der Waals surface area contributed by atoms with Crippen molar-refractivity contribution in [1.29, 1.82) is 0 Å². The topological polar surface area (TPSA) is 0 Å². The summed E-state index contributed by atoms with van der Waals surface area (Å²) < 4.78 is 170. The van der Waals surface area contributed by atoms with Crippen molar-refractivity contribution in [2.24, 2.45) is 0 Å². The maximum Gasteiger partial charge on any atom is 0.460 e. The molecular formula is C26H41F13. The summed E-state index contributed by atoms with van der Waals surface area (Å²) in [5.74, 6) is -36.3. The van der Waals surface area contributed by atoms with Crippen molar-refractivity contribution >= 4 is 0 Å². The van der Waals surface area contributed by atoms with Crippen LogP contribution < -0.4 is 0 Å². The van der Waals surface area contributed by atoms with E-state index in [4.69, 9.17) is 0 Å². The van der Waals surface area contributed by atoms with Crippen LogP contribution >= 0.6 is 0 Å². The summed E-state index contributed by atoms with van der Waals surface area (Å²) >= 11 is 0. The SMILES string of the molecule is CCCCCCCCCCCCCCCCCCCCC(F)(F)C(F)(F)C(F)(F)C(F)(F)C(F)(F)C(F)(F)F. The Morgan fingerprint density at radius 1 is 0.308 bits per heavy atom. The summed E-state index contributed by atoms with van der Waals surface area (Å²) in [6.07, 6.45) is 6.09. The lowest BCUT2D eigenvalue weighted by molar-refractivity contribution is -0.440. The molecule has 0 rings (SSSR count). The molecule has 0 N–H and O–H groups in total. The molecule has 0 spiro atoms. The number of hydrogen-bond donors (Lipinski definition) is 0. The molecule has 0 nitrogen and oxygen atoms in total. The highest BCUT2D eigenvalue weighted by atomic mass is 19.4. The number of alkyl halides is 13. The van der Waals surface area contributed by atoms with E-state index >= 15 is 0 Å². The van der Waals surface area contributed by atoms with Gasteiger partial charge in [0.15, 0.2) is 0 Å². The molecule has 0 radical (unpaired) electrons. The van der Waals surface area contributed by atoms with Crippen LogP contribution in [0.1, 0.15) is 129 Å². The van der Waals surface area contributed by atoms with Gasteiger partial charge in [-0.3, -0.25) is 0 Å². The van der Waals surface area contributed by atoms with Crippen LogP contribution in [0, 0.1) is 0 Å². The summed E-state index contributed by atoms with van der Waals surface area (Å²) in [5, 5.41) is 0. The summed E-state index contributed by atoms with van der Waals surface area (Å²) in [7, 11) is 0. The van der Waals surface area contributed by atoms with Gasteiger partial charge >= 0.3 is 35.8 Å². The van der Waals surface area contributed by atoms with Gasteiger partial charge in [0.05, 0.1) is 0 Å². The van der Waals surface area contributed by atoms with Crippen LogP contribution in [0.4, 0.5) is 57.1 Å². The molecule has 0 saturated heterocycles. The Morgan fingerprint density at radius 3 is 0.846 bits per heavy atom. The molecule has 0 fully saturated rings. The predicted octanol–water partition coefficient (Wildman–Crippen LogP) is 12.2. The summed E-state index contributed by atoms with van der Waals surface area (Å²) in [6.45, 7) is 2.18. The highest BCUT2D eigenvalue weighted by molar-refractivity contribution is 5.10. The molecular weight excluding hydrogens is 559 g/mol. The Kier molecular flexibility index (Phi) is 16.1. The molecule has 0 amide bonds. The minimum atomic E-state index is -7.82. The molecule has 0 aliphatic rings. The smallest absolute Gasteiger partial charge is 0.200 e. The normalized spacial score (nSPS) is 14.3. The fourth-order valence-corrected chi connectivity index (χ4v) is 4.21. The van der Waals surface area contributed by atoms with E-state index in [0.717, 1.165) is 32.1 Å². The van der Waals surface area contributed by atoms with E-state index in [9.17, 15) is 57.1 Å². The van der Waals surface area contributed by atoms with Gasteiger partial charge in [0, 0.05) is 6.42 Å². The van der Waals surface area contributed by atoms with Gasteiger partial charge in [-0.05, 0) is 6.42 Å². The fraction of sp³-hybridized carbons (Fsp3) is 1.00. The third-order valence-corrected chi connectivity index (χ3v) is 6.84. The van der Waals surface area contributed by atoms with Crippen molar-refractivity contribution in [2.75, 3.05) is 0 Å². The zero-order valence-electron chi connectivity index (χ0n) is 22.3. The summed E-state index contributed by atoms with van der Waals surface area (Å²) in [5.41, 5.74) is 0. The van der Waals surface area contributed by atoms with Gasteiger partial charge in [-0.1, -0.05) is 116 Å². The van der Waals surface area contributed by atoms with E-state index in [1.165, 1.54) is 51.4 Å². The first kappa shape index (κ1) is 38.1. The van der Waals surface area contributed by atoms with Crippen LogP contribution in [0.25, 0.3) is 0 Å². The van der Waals surface area contributed by atoms with Gasteiger partial charge in [-0.25, -0.2) is 0 Å². The first-order valence-corrected chi connectivity index (χ1v) is 13.8. The van der Waals surface area contributed by atoms with Crippen molar-refractivity contribution in [3.05, 3.63) is 0 Å². The molecule has 39 heavy (non-hydrogen) atoms. The second-order valence-electron chi connectivity index (χ2n) is 10.3. The first-order chi connectivity index (χ1) is 17.8.